The number of halogens is 4. The molecule has 9 heteroatoms. The van der Waals surface area contributed by atoms with E-state index in [1.54, 1.807) is 0 Å². The summed E-state index contributed by atoms with van der Waals surface area (Å²) in [6.45, 7) is 2.10. The van der Waals surface area contributed by atoms with Crippen molar-refractivity contribution in [2.45, 2.75) is 18.9 Å². The van der Waals surface area contributed by atoms with Gasteiger partial charge in [-0.25, -0.2) is 0 Å². The van der Waals surface area contributed by atoms with E-state index in [4.69, 9.17) is 4.74 Å². The quantitative estimate of drug-likeness (QED) is 0.844. The second kappa shape index (κ2) is 8.95. The predicted molar refractivity (Wildman–Crippen MR) is 79.7 cm³/mol. The molecule has 5 nitrogen and oxygen atoms in total. The van der Waals surface area contributed by atoms with Gasteiger partial charge in [0.05, 0.1) is 6.61 Å². The third-order valence-electron chi connectivity index (χ3n) is 3.09. The summed E-state index contributed by atoms with van der Waals surface area (Å²) in [4.78, 5) is 11.8. The maximum absolute atomic E-state index is 12.0. The molecule has 0 aromatic heterocycles. The van der Waals surface area contributed by atoms with Gasteiger partial charge < -0.3 is 20.1 Å². The van der Waals surface area contributed by atoms with Crippen LogP contribution in [0, 0.1) is 0 Å². The fourth-order valence-corrected chi connectivity index (χ4v) is 2.04. The van der Waals surface area contributed by atoms with E-state index < -0.39 is 12.5 Å². The number of nitrogens with one attached hydrogen (secondary N) is 2. The molecule has 0 aliphatic carbocycles. The van der Waals surface area contributed by atoms with Crippen LogP contribution in [0.1, 0.15) is 5.56 Å². The van der Waals surface area contributed by atoms with Crippen LogP contribution in [0.3, 0.4) is 0 Å². The number of carbonyl (C=O) groups is 1. The fourth-order valence-electron chi connectivity index (χ4n) is 2.04. The number of amides is 1. The molecule has 2 rings (SSSR count). The first-order chi connectivity index (χ1) is 10.4. The zero-order valence-electron chi connectivity index (χ0n) is 12.2. The molecule has 1 amide bonds. The first-order valence-electron chi connectivity index (χ1n) is 6.89. The van der Waals surface area contributed by atoms with Gasteiger partial charge in [-0.05, 0) is 24.1 Å². The molecule has 1 aromatic carbocycles. The van der Waals surface area contributed by atoms with E-state index in [-0.39, 0.29) is 24.1 Å². The highest BCUT2D eigenvalue weighted by Gasteiger charge is 2.30. The lowest BCUT2D eigenvalue weighted by molar-refractivity contribution is -0.274. The van der Waals surface area contributed by atoms with Gasteiger partial charge in [0.25, 0.3) is 0 Å². The van der Waals surface area contributed by atoms with Crippen LogP contribution in [-0.4, -0.2) is 44.6 Å². The molecule has 2 N–H and O–H groups in total. The topological polar surface area (TPSA) is 59.6 Å². The zero-order valence-corrected chi connectivity index (χ0v) is 13.0. The molecule has 0 saturated carbocycles. The van der Waals surface area contributed by atoms with E-state index in [1.165, 1.54) is 24.3 Å². The second-order valence-corrected chi connectivity index (χ2v) is 4.80. The first-order valence-corrected chi connectivity index (χ1v) is 6.89. The van der Waals surface area contributed by atoms with Gasteiger partial charge in [-0.3, -0.25) is 4.79 Å². The minimum Gasteiger partial charge on any atom is -0.406 e. The van der Waals surface area contributed by atoms with Crippen molar-refractivity contribution in [3.63, 3.8) is 0 Å². The molecule has 1 atom stereocenters. The minimum absolute atomic E-state index is 0. The summed E-state index contributed by atoms with van der Waals surface area (Å²) in [5, 5.41) is 5.80. The lowest BCUT2D eigenvalue weighted by Gasteiger charge is -2.22. The lowest BCUT2D eigenvalue weighted by Crippen LogP contribution is -2.48. The molecule has 1 aromatic rings. The van der Waals surface area contributed by atoms with Crippen molar-refractivity contribution in [1.29, 1.82) is 0 Å². The number of morpholine rings is 1. The highest BCUT2D eigenvalue weighted by molar-refractivity contribution is 5.85. The van der Waals surface area contributed by atoms with Crippen molar-refractivity contribution < 1.29 is 27.4 Å². The van der Waals surface area contributed by atoms with Crippen LogP contribution in [-0.2, 0) is 16.0 Å². The second-order valence-electron chi connectivity index (χ2n) is 4.80. The Morgan fingerprint density at radius 1 is 1.35 bits per heavy atom. The van der Waals surface area contributed by atoms with E-state index in [2.05, 4.69) is 15.4 Å². The van der Waals surface area contributed by atoms with Crippen LogP contribution >= 0.6 is 12.4 Å². The van der Waals surface area contributed by atoms with Crippen molar-refractivity contribution in [2.75, 3.05) is 26.2 Å². The van der Waals surface area contributed by atoms with Crippen LogP contribution in [0.4, 0.5) is 13.2 Å². The standard InChI is InChI=1S/C14H17F3N2O3.ClH/c15-14(16,17)22-11-3-1-10(2-4-11)5-6-19-13(20)12-9-18-7-8-21-12;/h1-4,12,18H,5-9H2,(H,19,20);1H. The Hall–Kier alpha value is -1.51. The molecule has 0 bridgehead atoms. The molecule has 1 saturated heterocycles. The number of alkyl halides is 3. The van der Waals surface area contributed by atoms with E-state index in [9.17, 15) is 18.0 Å². The number of rotatable bonds is 5. The van der Waals surface area contributed by atoms with Gasteiger partial charge in [-0.2, -0.15) is 0 Å². The summed E-state index contributed by atoms with van der Waals surface area (Å²) >= 11 is 0. The summed E-state index contributed by atoms with van der Waals surface area (Å²) in [7, 11) is 0. The number of benzene rings is 1. The predicted octanol–water partition coefficient (Wildman–Crippen LogP) is 1.65. The van der Waals surface area contributed by atoms with Crippen LogP contribution in [0.5, 0.6) is 5.75 Å². The monoisotopic (exact) mass is 354 g/mol. The third-order valence-corrected chi connectivity index (χ3v) is 3.09. The molecule has 1 heterocycles. The number of ether oxygens (including phenoxy) is 2. The Kier molecular flexibility index (Phi) is 7.60. The van der Waals surface area contributed by atoms with Gasteiger partial charge in [-0.1, -0.05) is 12.1 Å². The van der Waals surface area contributed by atoms with E-state index in [0.29, 0.717) is 26.1 Å². The van der Waals surface area contributed by atoms with Crippen molar-refractivity contribution in [3.8, 4) is 5.75 Å². The van der Waals surface area contributed by atoms with Crippen LogP contribution in [0.15, 0.2) is 24.3 Å². The molecule has 1 aliphatic rings. The van der Waals surface area contributed by atoms with Gasteiger partial charge >= 0.3 is 6.36 Å². The zero-order chi connectivity index (χ0) is 16.0. The van der Waals surface area contributed by atoms with Crippen molar-refractivity contribution in [1.82, 2.24) is 10.6 Å². The van der Waals surface area contributed by atoms with Gasteiger partial charge in [0.15, 0.2) is 0 Å². The average Bonchev–Trinajstić information content (AvgIpc) is 2.48. The maximum Gasteiger partial charge on any atom is 0.573 e. The number of hydrogen-bond donors (Lipinski definition) is 2. The number of carbonyl (C=O) groups excluding carboxylic acids is 1. The molecule has 130 valence electrons. The summed E-state index contributed by atoms with van der Waals surface area (Å²) < 4.78 is 45.2. The maximum atomic E-state index is 12.0. The van der Waals surface area contributed by atoms with Crippen molar-refractivity contribution in [3.05, 3.63) is 29.8 Å². The molecule has 1 fully saturated rings. The van der Waals surface area contributed by atoms with E-state index in [0.717, 1.165) is 12.1 Å². The minimum atomic E-state index is -4.69. The van der Waals surface area contributed by atoms with Gasteiger partial charge in [-0.15, -0.1) is 25.6 Å². The highest BCUT2D eigenvalue weighted by Crippen LogP contribution is 2.22. The third kappa shape index (κ3) is 7.06. The Morgan fingerprint density at radius 2 is 2.04 bits per heavy atom. The molecular formula is C14H18ClF3N2O3. The Bertz CT molecular complexity index is 491. The summed E-state index contributed by atoms with van der Waals surface area (Å²) in [5.41, 5.74) is 0.803. The molecule has 0 spiro atoms. The van der Waals surface area contributed by atoms with Crippen LogP contribution < -0.4 is 15.4 Å². The van der Waals surface area contributed by atoms with Crippen LogP contribution in [0.25, 0.3) is 0 Å². The highest BCUT2D eigenvalue weighted by atomic mass is 35.5. The largest absolute Gasteiger partial charge is 0.573 e. The summed E-state index contributed by atoms with van der Waals surface area (Å²) in [5.74, 6) is -0.453. The Morgan fingerprint density at radius 3 is 2.61 bits per heavy atom. The number of hydrogen-bond acceptors (Lipinski definition) is 4. The molecule has 23 heavy (non-hydrogen) atoms. The molecule has 0 radical (unpaired) electrons. The fraction of sp³-hybridized carbons (Fsp3) is 0.500. The van der Waals surface area contributed by atoms with Gasteiger partial charge in [0, 0.05) is 19.6 Å². The lowest BCUT2D eigenvalue weighted by atomic mass is 10.1. The SMILES string of the molecule is Cl.O=C(NCCc1ccc(OC(F)(F)F)cc1)C1CNCCO1. The summed E-state index contributed by atoms with van der Waals surface area (Å²) in [6.07, 6.45) is -4.67. The summed E-state index contributed by atoms with van der Waals surface area (Å²) in [6, 6.07) is 5.56. The van der Waals surface area contributed by atoms with E-state index in [1.807, 2.05) is 0 Å². The Labute approximate surface area is 137 Å². The average molecular weight is 355 g/mol. The van der Waals surface area contributed by atoms with Gasteiger partial charge in [0.2, 0.25) is 5.91 Å². The van der Waals surface area contributed by atoms with Crippen molar-refractivity contribution >= 4 is 18.3 Å². The molecular weight excluding hydrogens is 337 g/mol. The van der Waals surface area contributed by atoms with E-state index >= 15 is 0 Å². The van der Waals surface area contributed by atoms with Crippen molar-refractivity contribution in [2.24, 2.45) is 0 Å². The molecule has 1 unspecified atom stereocenters. The first kappa shape index (κ1) is 19.5. The van der Waals surface area contributed by atoms with Gasteiger partial charge in [0.1, 0.15) is 11.9 Å². The van der Waals surface area contributed by atoms with Crippen LogP contribution in [0.2, 0.25) is 0 Å². The Balaban J connectivity index is 0.00000264. The normalized spacial score (nSPS) is 18.0. The smallest absolute Gasteiger partial charge is 0.406 e. The molecule has 1 aliphatic heterocycles.